The Morgan fingerprint density at radius 1 is 1.41 bits per heavy atom. The zero-order valence-electron chi connectivity index (χ0n) is 11.1. The van der Waals surface area contributed by atoms with Crippen molar-refractivity contribution in [2.75, 3.05) is 19.8 Å². The summed E-state index contributed by atoms with van der Waals surface area (Å²) in [6.45, 7) is 6.14. The van der Waals surface area contributed by atoms with Crippen molar-refractivity contribution in [3.05, 3.63) is 35.4 Å². The lowest BCUT2D eigenvalue weighted by molar-refractivity contribution is 0.268. The molecule has 0 aliphatic heterocycles. The average Bonchev–Trinajstić information content (AvgIpc) is 2.26. The predicted octanol–water partition coefficient (Wildman–Crippen LogP) is 2.72. The topological polar surface area (TPSA) is 29.3 Å². The predicted molar refractivity (Wildman–Crippen MR) is 75.1 cm³/mol. The third kappa shape index (κ3) is 2.37. The number of anilines is 1. The number of aryl methyl sites for hydroxylation is 1. The number of nitrogens with two attached hydrogens (primary N) is 1. The maximum absolute atomic E-state index is 5.96. The highest BCUT2D eigenvalue weighted by atomic mass is 15.1. The van der Waals surface area contributed by atoms with Crippen LogP contribution in [0.4, 0.5) is 5.69 Å². The number of likely N-dealkylation sites (N-methyl/N-ethyl adjacent to an activating group) is 1. The van der Waals surface area contributed by atoms with Crippen LogP contribution in [-0.2, 0) is 12.8 Å². The molecule has 0 heterocycles. The van der Waals surface area contributed by atoms with Crippen LogP contribution in [0, 0.1) is 0 Å². The van der Waals surface area contributed by atoms with Crippen molar-refractivity contribution in [2.45, 2.75) is 32.2 Å². The first-order valence-corrected chi connectivity index (χ1v) is 6.22. The van der Waals surface area contributed by atoms with Gasteiger partial charge in [-0.05, 0) is 69.1 Å². The molecule has 0 bridgehead atoms. The second-order valence-electron chi connectivity index (χ2n) is 5.35. The minimum absolute atomic E-state index is 0.643. The van der Waals surface area contributed by atoms with E-state index in [2.05, 4.69) is 44.6 Å². The van der Waals surface area contributed by atoms with Crippen LogP contribution >= 0.6 is 0 Å². The highest BCUT2D eigenvalue weighted by Crippen LogP contribution is 2.31. The van der Waals surface area contributed by atoms with Crippen LogP contribution in [0.3, 0.4) is 0 Å². The number of rotatable bonds is 2. The fourth-order valence-electron chi connectivity index (χ4n) is 2.70. The second kappa shape index (κ2) is 4.53. The van der Waals surface area contributed by atoms with E-state index >= 15 is 0 Å². The summed E-state index contributed by atoms with van der Waals surface area (Å²) < 4.78 is 0. The minimum Gasteiger partial charge on any atom is -0.399 e. The summed E-state index contributed by atoms with van der Waals surface area (Å²) in [6, 6.07) is 4.84. The highest BCUT2D eigenvalue weighted by Gasteiger charge is 2.22. The number of nitrogen functional groups attached to an aromatic ring is 1. The highest BCUT2D eigenvalue weighted by molar-refractivity contribution is 5.70. The quantitative estimate of drug-likeness (QED) is 0.792. The molecule has 0 saturated carbocycles. The van der Waals surface area contributed by atoms with Crippen LogP contribution in [0.25, 0.3) is 5.57 Å². The van der Waals surface area contributed by atoms with Crippen molar-refractivity contribution in [1.29, 1.82) is 0 Å². The van der Waals surface area contributed by atoms with E-state index in [1.165, 1.54) is 23.1 Å². The lowest BCUT2D eigenvalue weighted by atomic mass is 9.83. The Balaban J connectivity index is 2.44. The normalized spacial score (nSPS) is 19.2. The van der Waals surface area contributed by atoms with E-state index in [1.807, 2.05) is 0 Å². The van der Waals surface area contributed by atoms with E-state index in [-0.39, 0.29) is 0 Å². The summed E-state index contributed by atoms with van der Waals surface area (Å²) in [5, 5.41) is 0. The Bertz CT molecular complexity index is 446. The van der Waals surface area contributed by atoms with Gasteiger partial charge in [-0.1, -0.05) is 12.2 Å². The summed E-state index contributed by atoms with van der Waals surface area (Å²) in [6.07, 6.45) is 3.47. The van der Waals surface area contributed by atoms with E-state index in [1.54, 1.807) is 0 Å². The first-order valence-electron chi connectivity index (χ1n) is 6.22. The first-order chi connectivity index (χ1) is 7.99. The van der Waals surface area contributed by atoms with Gasteiger partial charge in [0, 0.05) is 11.7 Å². The fraction of sp³-hybridized carbons (Fsp3) is 0.467. The van der Waals surface area contributed by atoms with Crippen LogP contribution in [0.1, 0.15) is 30.0 Å². The third-order valence-electron chi connectivity index (χ3n) is 3.74. The lowest BCUT2D eigenvalue weighted by Gasteiger charge is -2.31. The SMILES string of the molecule is C=C(C)c1cc(N)cc2c1CC(N(C)C)CC2. The Morgan fingerprint density at radius 3 is 2.71 bits per heavy atom. The van der Waals surface area contributed by atoms with E-state index in [0.717, 1.165) is 24.1 Å². The third-order valence-corrected chi connectivity index (χ3v) is 3.74. The van der Waals surface area contributed by atoms with Gasteiger partial charge in [-0.15, -0.1) is 0 Å². The second-order valence-corrected chi connectivity index (χ2v) is 5.35. The number of fused-ring (bicyclic) bond motifs is 1. The largest absolute Gasteiger partial charge is 0.399 e. The van der Waals surface area contributed by atoms with Gasteiger partial charge < -0.3 is 10.6 Å². The van der Waals surface area contributed by atoms with E-state index in [4.69, 9.17) is 5.73 Å². The van der Waals surface area contributed by atoms with E-state index in [0.29, 0.717) is 6.04 Å². The van der Waals surface area contributed by atoms with Crippen molar-refractivity contribution in [3.8, 4) is 0 Å². The van der Waals surface area contributed by atoms with E-state index in [9.17, 15) is 0 Å². The average molecular weight is 230 g/mol. The molecular weight excluding hydrogens is 208 g/mol. The van der Waals surface area contributed by atoms with Gasteiger partial charge in [0.2, 0.25) is 0 Å². The number of benzene rings is 1. The van der Waals surface area contributed by atoms with E-state index < -0.39 is 0 Å². The molecule has 1 atom stereocenters. The molecule has 1 aromatic rings. The minimum atomic E-state index is 0.643. The molecule has 0 amide bonds. The van der Waals surface area contributed by atoms with Gasteiger partial charge in [0.05, 0.1) is 0 Å². The molecule has 2 heteroatoms. The van der Waals surface area contributed by atoms with Gasteiger partial charge in [-0.2, -0.15) is 0 Å². The molecule has 0 fully saturated rings. The summed E-state index contributed by atoms with van der Waals surface area (Å²) >= 11 is 0. The van der Waals surface area contributed by atoms with Crippen molar-refractivity contribution >= 4 is 11.3 Å². The van der Waals surface area contributed by atoms with Crippen molar-refractivity contribution in [3.63, 3.8) is 0 Å². The Morgan fingerprint density at radius 2 is 2.12 bits per heavy atom. The maximum atomic E-state index is 5.96. The molecule has 17 heavy (non-hydrogen) atoms. The lowest BCUT2D eigenvalue weighted by Crippen LogP contribution is -2.34. The van der Waals surface area contributed by atoms with Gasteiger partial charge in [-0.25, -0.2) is 0 Å². The monoisotopic (exact) mass is 230 g/mol. The molecule has 1 aliphatic carbocycles. The number of hydrogen-bond donors (Lipinski definition) is 1. The molecule has 1 aromatic carbocycles. The Labute approximate surface area is 104 Å². The van der Waals surface area contributed by atoms with Gasteiger partial charge in [-0.3, -0.25) is 0 Å². The molecule has 2 rings (SSSR count). The molecular formula is C15H22N2. The van der Waals surface area contributed by atoms with Gasteiger partial charge in [0.1, 0.15) is 0 Å². The molecule has 1 aliphatic rings. The zero-order valence-corrected chi connectivity index (χ0v) is 11.1. The van der Waals surface area contributed by atoms with Crippen molar-refractivity contribution in [2.24, 2.45) is 0 Å². The van der Waals surface area contributed by atoms with Crippen LogP contribution in [-0.4, -0.2) is 25.0 Å². The van der Waals surface area contributed by atoms with Crippen LogP contribution < -0.4 is 5.73 Å². The van der Waals surface area contributed by atoms with Crippen LogP contribution in [0.2, 0.25) is 0 Å². The summed E-state index contributed by atoms with van der Waals surface area (Å²) in [5.74, 6) is 0. The van der Waals surface area contributed by atoms with Gasteiger partial charge in [0.15, 0.2) is 0 Å². The molecule has 0 spiro atoms. The number of allylic oxidation sites excluding steroid dienone is 1. The maximum Gasteiger partial charge on any atom is 0.0323 e. The molecule has 2 N–H and O–H groups in total. The number of hydrogen-bond acceptors (Lipinski definition) is 2. The first kappa shape index (κ1) is 12.2. The van der Waals surface area contributed by atoms with Gasteiger partial charge in [0.25, 0.3) is 0 Å². The molecule has 2 nitrogen and oxygen atoms in total. The summed E-state index contributed by atoms with van der Waals surface area (Å²) in [4.78, 5) is 2.32. The van der Waals surface area contributed by atoms with Crippen LogP contribution in [0.5, 0.6) is 0 Å². The fourth-order valence-corrected chi connectivity index (χ4v) is 2.70. The summed E-state index contributed by atoms with van der Waals surface area (Å²) in [5.41, 5.74) is 12.1. The standard InChI is InChI=1S/C15H22N2/c1-10(2)14-8-12(16)7-11-5-6-13(17(3)4)9-15(11)14/h7-8,13H,1,5-6,9,16H2,2-4H3. The molecule has 0 aromatic heterocycles. The Kier molecular flexibility index (Phi) is 3.25. The smallest absolute Gasteiger partial charge is 0.0323 e. The van der Waals surface area contributed by atoms with Gasteiger partial charge >= 0.3 is 0 Å². The Hall–Kier alpha value is -1.28. The molecule has 92 valence electrons. The molecule has 0 radical (unpaired) electrons. The molecule has 1 unspecified atom stereocenters. The van der Waals surface area contributed by atoms with Crippen LogP contribution in [0.15, 0.2) is 18.7 Å². The molecule has 0 saturated heterocycles. The summed E-state index contributed by atoms with van der Waals surface area (Å²) in [7, 11) is 4.32. The van der Waals surface area contributed by atoms with Crippen molar-refractivity contribution in [1.82, 2.24) is 4.90 Å². The zero-order chi connectivity index (χ0) is 12.6. The number of nitrogens with zero attached hydrogens (tertiary/aromatic N) is 1. The van der Waals surface area contributed by atoms with Crippen molar-refractivity contribution < 1.29 is 0 Å².